The Bertz CT molecular complexity index is 841. The van der Waals surface area contributed by atoms with Gasteiger partial charge >= 0.3 is 0 Å². The number of benzene rings is 1. The van der Waals surface area contributed by atoms with Crippen molar-refractivity contribution in [3.05, 3.63) is 29.3 Å². The van der Waals surface area contributed by atoms with Crippen molar-refractivity contribution >= 4 is 27.5 Å². The second-order valence-corrected chi connectivity index (χ2v) is 10.7. The highest BCUT2D eigenvalue weighted by Gasteiger charge is 2.29. The maximum absolute atomic E-state index is 12.7. The Hall–Kier alpha value is -1.93. The lowest BCUT2D eigenvalue weighted by Gasteiger charge is -2.29. The number of nitrogens with one attached hydrogen (secondary N) is 3. The van der Waals surface area contributed by atoms with E-state index in [4.69, 9.17) is 0 Å². The average molecular weight is 424 g/mol. The first-order chi connectivity index (χ1) is 13.5. The summed E-state index contributed by atoms with van der Waals surface area (Å²) in [5.41, 5.74) is 2.08. The Kier molecular flexibility index (Phi) is 7.82. The standard InChI is InChI=1S/C21H33N3O4S/c1-13(2)22-21(26)17-8-11-19(15(5)12-17)23-20(25)16-6-9-18(10-7-16)24-29(27,28)14(3)4/h8,11-14,16,18,24H,6-7,9-10H2,1-5H3,(H,22,26)(H,23,25). The quantitative estimate of drug-likeness (QED) is 0.627. The molecule has 1 aliphatic rings. The highest BCUT2D eigenvalue weighted by Crippen LogP contribution is 2.27. The molecule has 1 aromatic rings. The van der Waals surface area contributed by atoms with Crippen LogP contribution in [0.5, 0.6) is 0 Å². The van der Waals surface area contributed by atoms with Crippen molar-refractivity contribution in [1.82, 2.24) is 10.0 Å². The molecule has 0 bridgehead atoms. The van der Waals surface area contributed by atoms with Gasteiger partial charge in [-0.05, 0) is 84.1 Å². The summed E-state index contributed by atoms with van der Waals surface area (Å²) in [4.78, 5) is 24.8. The molecular formula is C21H33N3O4S. The molecule has 0 radical (unpaired) electrons. The largest absolute Gasteiger partial charge is 0.350 e. The number of hydrogen-bond donors (Lipinski definition) is 3. The van der Waals surface area contributed by atoms with E-state index >= 15 is 0 Å². The van der Waals surface area contributed by atoms with Gasteiger partial charge in [0.05, 0.1) is 5.25 Å². The van der Waals surface area contributed by atoms with E-state index in [1.165, 1.54) is 0 Å². The molecule has 3 N–H and O–H groups in total. The van der Waals surface area contributed by atoms with Crippen LogP contribution < -0.4 is 15.4 Å². The summed E-state index contributed by atoms with van der Waals surface area (Å²) in [7, 11) is -3.29. The van der Waals surface area contributed by atoms with Crippen LogP contribution in [0.15, 0.2) is 18.2 Å². The van der Waals surface area contributed by atoms with Gasteiger partial charge in [0.15, 0.2) is 0 Å². The second kappa shape index (κ2) is 9.71. The summed E-state index contributed by atoms with van der Waals surface area (Å²) in [6.07, 6.45) is 2.59. The summed E-state index contributed by atoms with van der Waals surface area (Å²) < 4.78 is 26.8. The van der Waals surface area contributed by atoms with Gasteiger partial charge in [0, 0.05) is 29.3 Å². The molecule has 7 nitrogen and oxygen atoms in total. The Morgan fingerprint density at radius 1 is 1.03 bits per heavy atom. The second-order valence-electron chi connectivity index (χ2n) is 8.41. The van der Waals surface area contributed by atoms with Gasteiger partial charge in [-0.3, -0.25) is 9.59 Å². The van der Waals surface area contributed by atoms with E-state index in [0.29, 0.717) is 36.9 Å². The summed E-state index contributed by atoms with van der Waals surface area (Å²) in [5, 5.41) is 5.35. The number of rotatable bonds is 7. The lowest BCUT2D eigenvalue weighted by atomic mass is 9.86. The molecule has 29 heavy (non-hydrogen) atoms. The molecule has 2 amide bonds. The monoisotopic (exact) mass is 423 g/mol. The first-order valence-corrected chi connectivity index (χ1v) is 11.8. The predicted octanol–water partition coefficient (Wildman–Crippen LogP) is 2.96. The van der Waals surface area contributed by atoms with Crippen LogP contribution in [-0.2, 0) is 14.8 Å². The van der Waals surface area contributed by atoms with Crippen molar-refractivity contribution in [3.8, 4) is 0 Å². The van der Waals surface area contributed by atoms with E-state index in [9.17, 15) is 18.0 Å². The van der Waals surface area contributed by atoms with Gasteiger partial charge in [0.25, 0.3) is 5.91 Å². The van der Waals surface area contributed by atoms with Crippen LogP contribution >= 0.6 is 0 Å². The van der Waals surface area contributed by atoms with Crippen LogP contribution in [0.25, 0.3) is 0 Å². The molecule has 0 aliphatic heterocycles. The molecule has 0 atom stereocenters. The first kappa shape index (κ1) is 23.3. The van der Waals surface area contributed by atoms with Crippen molar-refractivity contribution in [2.24, 2.45) is 5.92 Å². The topological polar surface area (TPSA) is 104 Å². The number of sulfonamides is 1. The smallest absolute Gasteiger partial charge is 0.251 e. The van der Waals surface area contributed by atoms with Gasteiger partial charge in [-0.15, -0.1) is 0 Å². The summed E-state index contributed by atoms with van der Waals surface area (Å²) in [6, 6.07) is 5.18. The van der Waals surface area contributed by atoms with Crippen molar-refractivity contribution < 1.29 is 18.0 Å². The number of hydrogen-bond acceptors (Lipinski definition) is 4. The lowest BCUT2D eigenvalue weighted by molar-refractivity contribution is -0.120. The first-order valence-electron chi connectivity index (χ1n) is 10.2. The molecular weight excluding hydrogens is 390 g/mol. The Morgan fingerprint density at radius 2 is 1.66 bits per heavy atom. The van der Waals surface area contributed by atoms with Gasteiger partial charge in [-0.25, -0.2) is 13.1 Å². The molecule has 8 heteroatoms. The normalized spacial score (nSPS) is 20.0. The number of carbonyl (C=O) groups excluding carboxylic acids is 2. The van der Waals surface area contributed by atoms with Crippen LogP contribution in [0, 0.1) is 12.8 Å². The molecule has 1 fully saturated rings. The third kappa shape index (κ3) is 6.54. The predicted molar refractivity (Wildman–Crippen MR) is 115 cm³/mol. The molecule has 162 valence electrons. The third-order valence-electron chi connectivity index (χ3n) is 5.22. The highest BCUT2D eigenvalue weighted by atomic mass is 32.2. The van der Waals surface area contributed by atoms with E-state index in [0.717, 1.165) is 5.56 Å². The summed E-state index contributed by atoms with van der Waals surface area (Å²) in [5.74, 6) is -0.334. The molecule has 2 rings (SSSR count). The third-order valence-corrected chi connectivity index (χ3v) is 7.12. The zero-order valence-corrected chi connectivity index (χ0v) is 18.7. The molecule has 0 aromatic heterocycles. The lowest BCUT2D eigenvalue weighted by Crippen LogP contribution is -2.42. The minimum absolute atomic E-state index is 0.0577. The van der Waals surface area contributed by atoms with Crippen LogP contribution in [0.2, 0.25) is 0 Å². The summed E-state index contributed by atoms with van der Waals surface area (Å²) >= 11 is 0. The van der Waals surface area contributed by atoms with Crippen molar-refractivity contribution in [1.29, 1.82) is 0 Å². The Labute approximate surface area is 174 Å². The van der Waals surface area contributed by atoms with Crippen molar-refractivity contribution in [2.75, 3.05) is 5.32 Å². The molecule has 1 aliphatic carbocycles. The van der Waals surface area contributed by atoms with Gasteiger partial charge < -0.3 is 10.6 Å². The molecule has 1 aromatic carbocycles. The molecule has 0 saturated heterocycles. The van der Waals surface area contributed by atoms with Crippen molar-refractivity contribution in [2.45, 2.75) is 77.6 Å². The van der Waals surface area contributed by atoms with E-state index in [1.54, 1.807) is 32.0 Å². The van der Waals surface area contributed by atoms with Crippen LogP contribution in [0.4, 0.5) is 5.69 Å². The van der Waals surface area contributed by atoms with Crippen LogP contribution in [0.1, 0.15) is 69.3 Å². The number of carbonyl (C=O) groups is 2. The van der Waals surface area contributed by atoms with Crippen LogP contribution in [-0.4, -0.2) is 37.6 Å². The molecule has 1 saturated carbocycles. The minimum Gasteiger partial charge on any atom is -0.350 e. The zero-order chi connectivity index (χ0) is 21.8. The Morgan fingerprint density at radius 3 is 2.17 bits per heavy atom. The SMILES string of the molecule is Cc1cc(C(=O)NC(C)C)ccc1NC(=O)C1CCC(NS(=O)(=O)C(C)C)CC1. The van der Waals surface area contributed by atoms with Crippen LogP contribution in [0.3, 0.4) is 0 Å². The van der Waals surface area contributed by atoms with Crippen molar-refractivity contribution in [3.63, 3.8) is 0 Å². The number of amides is 2. The van der Waals surface area contributed by atoms with E-state index in [-0.39, 0.29) is 29.8 Å². The van der Waals surface area contributed by atoms with Gasteiger partial charge in [-0.1, -0.05) is 0 Å². The Balaban J connectivity index is 1.92. The fourth-order valence-electron chi connectivity index (χ4n) is 3.37. The van der Waals surface area contributed by atoms with E-state index in [2.05, 4.69) is 15.4 Å². The maximum atomic E-state index is 12.7. The van der Waals surface area contributed by atoms with Gasteiger partial charge in [-0.2, -0.15) is 0 Å². The molecule has 0 spiro atoms. The number of aryl methyl sites for hydroxylation is 1. The van der Waals surface area contributed by atoms with Gasteiger partial charge in [0.1, 0.15) is 0 Å². The van der Waals surface area contributed by atoms with Gasteiger partial charge in [0.2, 0.25) is 15.9 Å². The van der Waals surface area contributed by atoms with E-state index in [1.807, 2.05) is 20.8 Å². The minimum atomic E-state index is -3.29. The fourth-order valence-corrected chi connectivity index (χ4v) is 4.34. The molecule has 0 unspecified atom stereocenters. The average Bonchev–Trinajstić information content (AvgIpc) is 2.62. The summed E-state index contributed by atoms with van der Waals surface area (Å²) in [6.45, 7) is 8.98. The van der Waals surface area contributed by atoms with E-state index < -0.39 is 15.3 Å². The fraction of sp³-hybridized carbons (Fsp3) is 0.619. The molecule has 0 heterocycles. The zero-order valence-electron chi connectivity index (χ0n) is 17.9. The maximum Gasteiger partial charge on any atom is 0.251 e. The number of anilines is 1. The highest BCUT2D eigenvalue weighted by molar-refractivity contribution is 7.90.